The molecule has 4 heteroatoms. The van der Waals surface area contributed by atoms with E-state index >= 15 is 0 Å². The number of rotatable bonds is 8. The van der Waals surface area contributed by atoms with Gasteiger partial charge in [0.1, 0.15) is 5.92 Å². The van der Waals surface area contributed by atoms with E-state index in [9.17, 15) is 9.59 Å². The zero-order valence-electron chi connectivity index (χ0n) is 11.5. The van der Waals surface area contributed by atoms with Crippen molar-refractivity contribution in [1.82, 2.24) is 0 Å². The summed E-state index contributed by atoms with van der Waals surface area (Å²) in [7, 11) is 0. The van der Waals surface area contributed by atoms with Crippen LogP contribution in [0.4, 0.5) is 0 Å². The van der Waals surface area contributed by atoms with E-state index in [0.29, 0.717) is 18.3 Å². The monoisotopic (exact) mass is 260 g/mol. The Morgan fingerprint density at radius 3 is 2.18 bits per heavy atom. The average Bonchev–Trinajstić information content (AvgIpc) is 2.16. The Morgan fingerprint density at radius 1 is 1.18 bits per heavy atom. The fraction of sp³-hybridized carbons (Fsp3) is 0.846. The molecule has 0 aliphatic carbocycles. The summed E-state index contributed by atoms with van der Waals surface area (Å²) in [6.07, 6.45) is 0. The lowest BCUT2D eigenvalue weighted by Gasteiger charge is -2.17. The van der Waals surface area contributed by atoms with E-state index in [1.54, 1.807) is 18.7 Å². The van der Waals surface area contributed by atoms with Gasteiger partial charge in [0.25, 0.3) is 0 Å². The van der Waals surface area contributed by atoms with Crippen LogP contribution >= 0.6 is 11.8 Å². The number of carbonyl (C=O) groups is 2. The van der Waals surface area contributed by atoms with E-state index in [2.05, 4.69) is 13.8 Å². The summed E-state index contributed by atoms with van der Waals surface area (Å²) >= 11 is 1.59. The molecule has 0 rings (SSSR count). The fourth-order valence-electron chi connectivity index (χ4n) is 1.49. The summed E-state index contributed by atoms with van der Waals surface area (Å²) in [5.41, 5.74) is 0. The van der Waals surface area contributed by atoms with Crippen molar-refractivity contribution in [2.75, 3.05) is 18.1 Å². The first-order chi connectivity index (χ1) is 7.90. The third-order valence-corrected chi connectivity index (χ3v) is 3.64. The van der Waals surface area contributed by atoms with Crippen LogP contribution < -0.4 is 0 Å². The normalized spacial score (nSPS) is 12.9. The van der Waals surface area contributed by atoms with E-state index in [4.69, 9.17) is 4.74 Å². The number of hydrogen-bond donors (Lipinski definition) is 0. The second-order valence-corrected chi connectivity index (χ2v) is 5.88. The van der Waals surface area contributed by atoms with Crippen LogP contribution in [0, 0.1) is 17.8 Å². The Bertz CT molecular complexity index is 249. The van der Waals surface area contributed by atoms with Crippen molar-refractivity contribution in [3.8, 4) is 0 Å². The van der Waals surface area contributed by atoms with Crippen LogP contribution in [0.5, 0.6) is 0 Å². The van der Waals surface area contributed by atoms with E-state index in [1.807, 2.05) is 13.8 Å². The van der Waals surface area contributed by atoms with Gasteiger partial charge in [0.05, 0.1) is 12.4 Å². The number of ketones is 1. The molecule has 0 heterocycles. The molecule has 0 amide bonds. The van der Waals surface area contributed by atoms with Crippen LogP contribution in [0.3, 0.4) is 0 Å². The first kappa shape index (κ1) is 16.5. The molecule has 0 radical (unpaired) electrons. The molecule has 0 bridgehead atoms. The highest BCUT2D eigenvalue weighted by Gasteiger charge is 2.30. The van der Waals surface area contributed by atoms with Crippen molar-refractivity contribution < 1.29 is 14.3 Å². The maximum absolute atomic E-state index is 12.0. The molecule has 0 saturated carbocycles. The van der Waals surface area contributed by atoms with E-state index in [-0.39, 0.29) is 17.7 Å². The topological polar surface area (TPSA) is 43.4 Å². The molecule has 100 valence electrons. The summed E-state index contributed by atoms with van der Waals surface area (Å²) in [5.74, 6) is 0.921. The average molecular weight is 260 g/mol. The molecule has 17 heavy (non-hydrogen) atoms. The highest BCUT2D eigenvalue weighted by atomic mass is 32.2. The van der Waals surface area contributed by atoms with Crippen LogP contribution in [-0.4, -0.2) is 29.9 Å². The van der Waals surface area contributed by atoms with Gasteiger partial charge in [-0.3, -0.25) is 9.59 Å². The second kappa shape index (κ2) is 8.56. The molecule has 0 aromatic heterocycles. The first-order valence-corrected chi connectivity index (χ1v) is 7.32. The van der Waals surface area contributed by atoms with Gasteiger partial charge in [0.2, 0.25) is 0 Å². The van der Waals surface area contributed by atoms with Gasteiger partial charge in [-0.1, -0.05) is 27.7 Å². The highest BCUT2D eigenvalue weighted by Crippen LogP contribution is 2.18. The standard InChI is InChI=1S/C13H24O3S/c1-6-16-13(15)12(10(4)5)11(14)8-17-7-9(2)3/h9-10,12H,6-8H2,1-5H3. The summed E-state index contributed by atoms with van der Waals surface area (Å²) in [6, 6.07) is 0. The van der Waals surface area contributed by atoms with E-state index < -0.39 is 5.92 Å². The lowest BCUT2D eigenvalue weighted by Crippen LogP contribution is -2.32. The summed E-state index contributed by atoms with van der Waals surface area (Å²) < 4.78 is 4.94. The maximum Gasteiger partial charge on any atom is 0.316 e. The van der Waals surface area contributed by atoms with Crippen molar-refractivity contribution in [3.05, 3.63) is 0 Å². The second-order valence-electron chi connectivity index (χ2n) is 4.85. The minimum Gasteiger partial charge on any atom is -0.465 e. The lowest BCUT2D eigenvalue weighted by atomic mass is 9.92. The molecule has 0 aromatic carbocycles. The maximum atomic E-state index is 12.0. The number of thioether (sulfide) groups is 1. The van der Waals surface area contributed by atoms with Crippen LogP contribution in [-0.2, 0) is 14.3 Å². The fourth-order valence-corrected chi connectivity index (χ4v) is 2.46. The number of esters is 1. The van der Waals surface area contributed by atoms with Crippen molar-refractivity contribution in [2.24, 2.45) is 17.8 Å². The van der Waals surface area contributed by atoms with E-state index in [0.717, 1.165) is 5.75 Å². The van der Waals surface area contributed by atoms with Gasteiger partial charge < -0.3 is 4.74 Å². The largest absolute Gasteiger partial charge is 0.465 e. The molecule has 0 fully saturated rings. The van der Waals surface area contributed by atoms with Gasteiger partial charge in [0, 0.05) is 0 Å². The van der Waals surface area contributed by atoms with Crippen molar-refractivity contribution >= 4 is 23.5 Å². The van der Waals surface area contributed by atoms with E-state index in [1.165, 1.54) is 0 Å². The summed E-state index contributed by atoms with van der Waals surface area (Å²) in [4.78, 5) is 23.6. The smallest absolute Gasteiger partial charge is 0.316 e. The van der Waals surface area contributed by atoms with Gasteiger partial charge in [-0.2, -0.15) is 11.8 Å². The Balaban J connectivity index is 4.30. The zero-order valence-corrected chi connectivity index (χ0v) is 12.3. The first-order valence-electron chi connectivity index (χ1n) is 6.17. The molecule has 0 aromatic rings. The Labute approximate surface area is 109 Å². The Morgan fingerprint density at radius 2 is 1.76 bits per heavy atom. The van der Waals surface area contributed by atoms with Crippen molar-refractivity contribution in [2.45, 2.75) is 34.6 Å². The SMILES string of the molecule is CCOC(=O)C(C(=O)CSCC(C)C)C(C)C. The molecule has 3 nitrogen and oxygen atoms in total. The molecule has 1 unspecified atom stereocenters. The van der Waals surface area contributed by atoms with Crippen LogP contribution in [0.2, 0.25) is 0 Å². The lowest BCUT2D eigenvalue weighted by molar-refractivity contribution is -0.152. The Hall–Kier alpha value is -0.510. The predicted molar refractivity (Wildman–Crippen MR) is 72.1 cm³/mol. The third kappa shape index (κ3) is 6.71. The van der Waals surface area contributed by atoms with Crippen molar-refractivity contribution in [3.63, 3.8) is 0 Å². The van der Waals surface area contributed by atoms with Crippen molar-refractivity contribution in [1.29, 1.82) is 0 Å². The van der Waals surface area contributed by atoms with Gasteiger partial charge >= 0.3 is 5.97 Å². The van der Waals surface area contributed by atoms with Crippen LogP contribution in [0.1, 0.15) is 34.6 Å². The van der Waals surface area contributed by atoms with Gasteiger partial charge in [0.15, 0.2) is 5.78 Å². The number of carbonyl (C=O) groups excluding carboxylic acids is 2. The minimum absolute atomic E-state index is 0.00111. The van der Waals surface area contributed by atoms with Gasteiger partial charge in [-0.15, -0.1) is 0 Å². The number of Topliss-reactive ketones (excluding diaryl/α,β-unsaturated/α-hetero) is 1. The van der Waals surface area contributed by atoms with Gasteiger partial charge in [-0.05, 0) is 24.5 Å². The minimum atomic E-state index is -0.602. The highest BCUT2D eigenvalue weighted by molar-refractivity contribution is 7.99. The number of hydrogen-bond acceptors (Lipinski definition) is 4. The van der Waals surface area contributed by atoms with Crippen LogP contribution in [0.15, 0.2) is 0 Å². The molecular weight excluding hydrogens is 236 g/mol. The number of ether oxygens (including phenoxy) is 1. The molecule has 0 aliphatic heterocycles. The van der Waals surface area contributed by atoms with Gasteiger partial charge in [-0.25, -0.2) is 0 Å². The molecule has 0 aliphatic rings. The summed E-state index contributed by atoms with van der Waals surface area (Å²) in [6.45, 7) is 10.1. The van der Waals surface area contributed by atoms with Crippen LogP contribution in [0.25, 0.3) is 0 Å². The Kier molecular flexibility index (Phi) is 8.30. The summed E-state index contributed by atoms with van der Waals surface area (Å²) in [5, 5.41) is 0. The zero-order chi connectivity index (χ0) is 13.4. The molecule has 1 atom stereocenters. The molecule has 0 N–H and O–H groups in total. The molecule has 0 spiro atoms. The molecule has 0 saturated heterocycles. The molecular formula is C13H24O3S. The quantitative estimate of drug-likeness (QED) is 0.497. The predicted octanol–water partition coefficient (Wildman–Crippen LogP) is 2.78. The third-order valence-electron chi connectivity index (χ3n) is 2.25.